The average Bonchev–Trinajstić information content (AvgIpc) is 2.97. The molecule has 2 rings (SSSR count). The molecule has 0 saturated carbocycles. The van der Waals surface area contributed by atoms with E-state index in [2.05, 4.69) is 17.1 Å². The van der Waals surface area contributed by atoms with Gasteiger partial charge in [-0.05, 0) is 65.1 Å². The maximum absolute atomic E-state index is 11.7. The van der Waals surface area contributed by atoms with E-state index >= 15 is 0 Å². The van der Waals surface area contributed by atoms with Crippen LogP contribution < -0.4 is 5.32 Å². The number of rotatable bonds is 4. The zero-order valence-corrected chi connectivity index (χ0v) is 14.1. The lowest BCUT2D eigenvalue weighted by atomic mass is 9.96. The zero-order chi connectivity index (χ0) is 16.2. The molecule has 1 aliphatic rings. The fourth-order valence-electron chi connectivity index (χ4n) is 2.87. The molecule has 1 aliphatic heterocycles. The number of hydrogen-bond acceptors (Lipinski definition) is 4. The van der Waals surface area contributed by atoms with Crippen LogP contribution in [0.2, 0.25) is 0 Å². The minimum Gasteiger partial charge on any atom is -0.468 e. The standard InChI is InChI=1S/C17H28N2O3/c1-13(15-8-6-10-21-15)19-9-5-7-14(12-19)11-18-16(20)22-17(2,3)4/h6,8,10,13-14H,5,7,9,11-12H2,1-4H3,(H,18,20)/t13-,14+/m0/s1. The molecule has 0 bridgehead atoms. The van der Waals surface area contributed by atoms with Crippen molar-refractivity contribution in [1.29, 1.82) is 0 Å². The lowest BCUT2D eigenvalue weighted by molar-refractivity contribution is 0.0498. The molecule has 1 saturated heterocycles. The van der Waals surface area contributed by atoms with Crippen LogP contribution in [0.3, 0.4) is 0 Å². The number of piperidine rings is 1. The number of carbonyl (C=O) groups excluding carboxylic acids is 1. The highest BCUT2D eigenvalue weighted by Crippen LogP contribution is 2.26. The molecular formula is C17H28N2O3. The van der Waals surface area contributed by atoms with E-state index in [0.29, 0.717) is 12.5 Å². The Morgan fingerprint density at radius 3 is 2.95 bits per heavy atom. The van der Waals surface area contributed by atoms with Crippen molar-refractivity contribution in [3.05, 3.63) is 24.2 Å². The summed E-state index contributed by atoms with van der Waals surface area (Å²) in [6.07, 6.45) is 3.67. The average molecular weight is 308 g/mol. The number of amides is 1. The third-order valence-electron chi connectivity index (χ3n) is 3.99. The summed E-state index contributed by atoms with van der Waals surface area (Å²) in [7, 11) is 0. The molecule has 0 spiro atoms. The molecule has 0 aromatic carbocycles. The molecule has 124 valence electrons. The Balaban J connectivity index is 1.80. The number of nitrogens with one attached hydrogen (secondary N) is 1. The smallest absolute Gasteiger partial charge is 0.407 e. The van der Waals surface area contributed by atoms with Gasteiger partial charge in [-0.25, -0.2) is 4.79 Å². The van der Waals surface area contributed by atoms with E-state index in [4.69, 9.17) is 9.15 Å². The van der Waals surface area contributed by atoms with Crippen molar-refractivity contribution in [2.75, 3.05) is 19.6 Å². The second-order valence-electron chi connectivity index (χ2n) is 7.08. The van der Waals surface area contributed by atoms with Gasteiger partial charge in [-0.15, -0.1) is 0 Å². The van der Waals surface area contributed by atoms with E-state index in [1.807, 2.05) is 32.9 Å². The van der Waals surface area contributed by atoms with Crippen molar-refractivity contribution in [2.24, 2.45) is 5.92 Å². The van der Waals surface area contributed by atoms with Gasteiger partial charge in [0, 0.05) is 13.1 Å². The first kappa shape index (κ1) is 16.9. The molecular weight excluding hydrogens is 280 g/mol. The van der Waals surface area contributed by atoms with Crippen molar-refractivity contribution in [2.45, 2.75) is 52.2 Å². The summed E-state index contributed by atoms with van der Waals surface area (Å²) >= 11 is 0. The summed E-state index contributed by atoms with van der Waals surface area (Å²) in [6, 6.07) is 4.23. The van der Waals surface area contributed by atoms with E-state index in [9.17, 15) is 4.79 Å². The monoisotopic (exact) mass is 308 g/mol. The highest BCUT2D eigenvalue weighted by molar-refractivity contribution is 5.67. The second kappa shape index (κ2) is 7.18. The first-order chi connectivity index (χ1) is 10.3. The molecule has 0 aliphatic carbocycles. The molecule has 0 unspecified atom stereocenters. The number of carbonyl (C=O) groups is 1. The Hall–Kier alpha value is -1.49. The first-order valence-electron chi connectivity index (χ1n) is 8.09. The van der Waals surface area contributed by atoms with E-state index in [-0.39, 0.29) is 12.1 Å². The highest BCUT2D eigenvalue weighted by Gasteiger charge is 2.26. The zero-order valence-electron chi connectivity index (χ0n) is 14.1. The van der Waals surface area contributed by atoms with Crippen LogP contribution in [0.4, 0.5) is 4.79 Å². The van der Waals surface area contributed by atoms with Gasteiger partial charge in [-0.2, -0.15) is 0 Å². The van der Waals surface area contributed by atoms with Gasteiger partial charge in [-0.3, -0.25) is 4.90 Å². The van der Waals surface area contributed by atoms with Gasteiger partial charge in [0.2, 0.25) is 0 Å². The number of ether oxygens (including phenoxy) is 1. The molecule has 5 heteroatoms. The van der Waals surface area contributed by atoms with Gasteiger partial charge in [0.05, 0.1) is 12.3 Å². The van der Waals surface area contributed by atoms with Crippen LogP contribution >= 0.6 is 0 Å². The molecule has 0 radical (unpaired) electrons. The van der Waals surface area contributed by atoms with Crippen molar-refractivity contribution >= 4 is 6.09 Å². The number of alkyl carbamates (subject to hydrolysis) is 1. The summed E-state index contributed by atoms with van der Waals surface area (Å²) in [5, 5.41) is 2.89. The van der Waals surface area contributed by atoms with Crippen LogP contribution in [0.5, 0.6) is 0 Å². The van der Waals surface area contributed by atoms with Gasteiger partial charge in [-0.1, -0.05) is 0 Å². The summed E-state index contributed by atoms with van der Waals surface area (Å²) in [4.78, 5) is 14.2. The summed E-state index contributed by atoms with van der Waals surface area (Å²) in [5.74, 6) is 1.46. The Bertz CT molecular complexity index is 465. The molecule has 2 heterocycles. The molecule has 1 aromatic heterocycles. The van der Waals surface area contributed by atoms with Gasteiger partial charge in [0.25, 0.3) is 0 Å². The largest absolute Gasteiger partial charge is 0.468 e. The third-order valence-corrected chi connectivity index (χ3v) is 3.99. The highest BCUT2D eigenvalue weighted by atomic mass is 16.6. The summed E-state index contributed by atoms with van der Waals surface area (Å²) in [5.41, 5.74) is -0.448. The van der Waals surface area contributed by atoms with Gasteiger partial charge in [0.15, 0.2) is 0 Å². The van der Waals surface area contributed by atoms with Crippen LogP contribution in [-0.2, 0) is 4.74 Å². The van der Waals surface area contributed by atoms with Gasteiger partial charge < -0.3 is 14.5 Å². The fourth-order valence-corrected chi connectivity index (χ4v) is 2.87. The third kappa shape index (κ3) is 5.05. The predicted molar refractivity (Wildman–Crippen MR) is 85.7 cm³/mol. The van der Waals surface area contributed by atoms with Crippen molar-refractivity contribution < 1.29 is 13.9 Å². The van der Waals surface area contributed by atoms with Crippen LogP contribution in [-0.4, -0.2) is 36.2 Å². The van der Waals surface area contributed by atoms with Crippen LogP contribution in [0.25, 0.3) is 0 Å². The minimum atomic E-state index is -0.448. The fraction of sp³-hybridized carbons (Fsp3) is 0.706. The van der Waals surface area contributed by atoms with Crippen LogP contribution in [0, 0.1) is 5.92 Å². The molecule has 1 N–H and O–H groups in total. The van der Waals surface area contributed by atoms with Crippen molar-refractivity contribution in [3.63, 3.8) is 0 Å². The maximum atomic E-state index is 11.7. The summed E-state index contributed by atoms with van der Waals surface area (Å²) < 4.78 is 10.8. The Morgan fingerprint density at radius 2 is 2.32 bits per heavy atom. The van der Waals surface area contributed by atoms with E-state index in [1.54, 1.807) is 6.26 Å². The molecule has 2 atom stereocenters. The maximum Gasteiger partial charge on any atom is 0.407 e. The number of likely N-dealkylation sites (tertiary alicyclic amines) is 1. The topological polar surface area (TPSA) is 54.7 Å². The second-order valence-corrected chi connectivity index (χ2v) is 7.08. The lowest BCUT2D eigenvalue weighted by Gasteiger charge is -2.36. The molecule has 22 heavy (non-hydrogen) atoms. The molecule has 1 amide bonds. The molecule has 1 aromatic rings. The number of hydrogen-bond donors (Lipinski definition) is 1. The quantitative estimate of drug-likeness (QED) is 0.923. The van der Waals surface area contributed by atoms with Crippen molar-refractivity contribution in [3.8, 4) is 0 Å². The normalized spacial score (nSPS) is 21.4. The molecule has 5 nitrogen and oxygen atoms in total. The Kier molecular flexibility index (Phi) is 5.51. The van der Waals surface area contributed by atoms with Crippen molar-refractivity contribution in [1.82, 2.24) is 10.2 Å². The van der Waals surface area contributed by atoms with E-state index in [1.165, 1.54) is 0 Å². The van der Waals surface area contributed by atoms with Gasteiger partial charge >= 0.3 is 6.09 Å². The number of nitrogens with zero attached hydrogens (tertiary/aromatic N) is 1. The van der Waals surface area contributed by atoms with E-state index < -0.39 is 5.60 Å². The Morgan fingerprint density at radius 1 is 1.55 bits per heavy atom. The lowest BCUT2D eigenvalue weighted by Crippen LogP contribution is -2.42. The molecule has 1 fully saturated rings. The summed E-state index contributed by atoms with van der Waals surface area (Å²) in [6.45, 7) is 10.5. The first-order valence-corrected chi connectivity index (χ1v) is 8.09. The minimum absolute atomic E-state index is 0.277. The van der Waals surface area contributed by atoms with Crippen LogP contribution in [0.1, 0.15) is 52.3 Å². The van der Waals surface area contributed by atoms with Gasteiger partial charge in [0.1, 0.15) is 11.4 Å². The predicted octanol–water partition coefficient (Wildman–Crippen LogP) is 3.58. The number of furan rings is 1. The van der Waals surface area contributed by atoms with Crippen LogP contribution in [0.15, 0.2) is 22.8 Å². The Labute approximate surface area is 133 Å². The SMILES string of the molecule is C[C@@H](c1ccco1)N1CCC[C@H](CNC(=O)OC(C)(C)C)C1. The van der Waals surface area contributed by atoms with E-state index in [0.717, 1.165) is 31.7 Å².